The number of piperidine rings is 2. The lowest BCUT2D eigenvalue weighted by Crippen LogP contribution is -2.57. The van der Waals surface area contributed by atoms with Gasteiger partial charge in [-0.3, -0.25) is 4.79 Å². The van der Waals surface area contributed by atoms with Gasteiger partial charge in [-0.2, -0.15) is 0 Å². The molecule has 1 amide bonds. The summed E-state index contributed by atoms with van der Waals surface area (Å²) in [6.07, 6.45) is 3.76. The Morgan fingerprint density at radius 2 is 2.00 bits per heavy atom. The topological polar surface area (TPSA) is 50.8 Å². The van der Waals surface area contributed by atoms with Crippen molar-refractivity contribution in [1.29, 1.82) is 0 Å². The van der Waals surface area contributed by atoms with Crippen molar-refractivity contribution in [2.75, 3.05) is 40.4 Å². The molecule has 0 aromatic rings. The Balaban J connectivity index is 0.00000180. The van der Waals surface area contributed by atoms with Crippen LogP contribution in [0.5, 0.6) is 0 Å². The minimum Gasteiger partial charge on any atom is -0.380 e. The predicted octanol–water partition coefficient (Wildman–Crippen LogP) is 0.814. The number of likely N-dealkylation sites (tertiary alicyclic amines) is 1. The minimum absolute atomic E-state index is 0. The molecule has 2 saturated heterocycles. The van der Waals surface area contributed by atoms with E-state index in [1.165, 1.54) is 0 Å². The summed E-state index contributed by atoms with van der Waals surface area (Å²) in [7, 11) is 3.37. The van der Waals surface area contributed by atoms with Crippen LogP contribution < -0.4 is 5.32 Å². The van der Waals surface area contributed by atoms with Gasteiger partial charge in [0.15, 0.2) is 0 Å². The molecule has 0 spiro atoms. The zero-order valence-corrected chi connectivity index (χ0v) is 12.6. The quantitative estimate of drug-likeness (QED) is 0.836. The third-order valence-corrected chi connectivity index (χ3v) is 4.19. The Morgan fingerprint density at radius 3 is 2.58 bits per heavy atom. The summed E-state index contributed by atoms with van der Waals surface area (Å²) >= 11 is 0. The summed E-state index contributed by atoms with van der Waals surface area (Å²) in [5.74, 6) is 0.147. The van der Waals surface area contributed by atoms with Crippen molar-refractivity contribution in [3.8, 4) is 0 Å². The molecule has 2 fully saturated rings. The van der Waals surface area contributed by atoms with Crippen LogP contribution in [-0.2, 0) is 14.3 Å². The molecule has 0 aromatic heterocycles. The Hall–Kier alpha value is -0.360. The maximum atomic E-state index is 12.7. The Morgan fingerprint density at radius 1 is 1.32 bits per heavy atom. The first-order valence-electron chi connectivity index (χ1n) is 6.80. The maximum Gasteiger partial charge on any atom is 0.254 e. The van der Waals surface area contributed by atoms with Crippen molar-refractivity contribution >= 4 is 18.3 Å². The lowest BCUT2D eigenvalue weighted by atomic mass is 9.89. The number of rotatable bonds is 3. The van der Waals surface area contributed by atoms with Crippen LogP contribution in [0.3, 0.4) is 0 Å². The molecule has 0 bridgehead atoms. The monoisotopic (exact) mass is 292 g/mol. The van der Waals surface area contributed by atoms with Crippen LogP contribution in [0, 0.1) is 0 Å². The Labute approximate surface area is 121 Å². The number of methoxy groups -OCH3 is 2. The number of halogens is 1. The Kier molecular flexibility index (Phi) is 6.53. The summed E-state index contributed by atoms with van der Waals surface area (Å²) in [5, 5.41) is 3.28. The fourth-order valence-corrected chi connectivity index (χ4v) is 2.94. The number of carbonyl (C=O) groups is 1. The highest BCUT2D eigenvalue weighted by Crippen LogP contribution is 2.27. The van der Waals surface area contributed by atoms with E-state index in [0.717, 1.165) is 45.3 Å². The molecule has 0 aliphatic carbocycles. The average Bonchev–Trinajstić information content (AvgIpc) is 2.47. The molecule has 6 heteroatoms. The van der Waals surface area contributed by atoms with Crippen LogP contribution in [0.4, 0.5) is 0 Å². The largest absolute Gasteiger partial charge is 0.380 e. The molecule has 1 unspecified atom stereocenters. The fraction of sp³-hybridized carbons (Fsp3) is 0.923. The maximum absolute atomic E-state index is 12.7. The van der Waals surface area contributed by atoms with E-state index >= 15 is 0 Å². The second kappa shape index (κ2) is 7.43. The van der Waals surface area contributed by atoms with Gasteiger partial charge < -0.3 is 19.7 Å². The zero-order valence-electron chi connectivity index (χ0n) is 11.8. The van der Waals surface area contributed by atoms with E-state index in [-0.39, 0.29) is 24.4 Å². The molecule has 2 aliphatic rings. The SMILES string of the molecule is COC1CCCN(C(=O)C2(OC)CCNCC2)C1.Cl. The van der Waals surface area contributed by atoms with E-state index in [4.69, 9.17) is 9.47 Å². The molecule has 5 nitrogen and oxygen atoms in total. The Bertz CT molecular complexity index is 296. The average molecular weight is 293 g/mol. The van der Waals surface area contributed by atoms with Crippen LogP contribution in [0.1, 0.15) is 25.7 Å². The lowest BCUT2D eigenvalue weighted by molar-refractivity contribution is -0.161. The normalized spacial score (nSPS) is 26.6. The van der Waals surface area contributed by atoms with Gasteiger partial charge in [0.1, 0.15) is 5.60 Å². The number of hydrogen-bond donors (Lipinski definition) is 1. The number of carbonyl (C=O) groups excluding carboxylic acids is 1. The first-order valence-corrected chi connectivity index (χ1v) is 6.80. The van der Waals surface area contributed by atoms with Crippen molar-refractivity contribution in [1.82, 2.24) is 10.2 Å². The van der Waals surface area contributed by atoms with E-state index < -0.39 is 5.60 Å². The van der Waals surface area contributed by atoms with Gasteiger partial charge in [-0.1, -0.05) is 0 Å². The van der Waals surface area contributed by atoms with Crippen molar-refractivity contribution in [2.45, 2.75) is 37.4 Å². The molecule has 0 saturated carbocycles. The van der Waals surface area contributed by atoms with E-state index in [1.54, 1.807) is 14.2 Å². The summed E-state index contributed by atoms with van der Waals surface area (Å²) in [5.41, 5.74) is -0.610. The summed E-state index contributed by atoms with van der Waals surface area (Å²) < 4.78 is 11.0. The van der Waals surface area contributed by atoms with Gasteiger partial charge in [-0.15, -0.1) is 12.4 Å². The molecule has 112 valence electrons. The van der Waals surface area contributed by atoms with E-state index in [9.17, 15) is 4.79 Å². The van der Waals surface area contributed by atoms with Gasteiger partial charge in [-0.05, 0) is 38.8 Å². The van der Waals surface area contributed by atoms with Gasteiger partial charge in [0.2, 0.25) is 0 Å². The number of nitrogens with one attached hydrogen (secondary N) is 1. The second-order valence-electron chi connectivity index (χ2n) is 5.20. The third kappa shape index (κ3) is 3.60. The smallest absolute Gasteiger partial charge is 0.254 e. The van der Waals surface area contributed by atoms with E-state index in [2.05, 4.69) is 5.32 Å². The molecular formula is C13H25ClN2O3. The van der Waals surface area contributed by atoms with Gasteiger partial charge in [-0.25, -0.2) is 0 Å². The van der Waals surface area contributed by atoms with Crippen LogP contribution in [0.15, 0.2) is 0 Å². The first-order chi connectivity index (χ1) is 8.72. The predicted molar refractivity (Wildman–Crippen MR) is 75.7 cm³/mol. The summed E-state index contributed by atoms with van der Waals surface area (Å²) in [6.45, 7) is 3.23. The molecular weight excluding hydrogens is 268 g/mol. The van der Waals surface area contributed by atoms with E-state index in [0.29, 0.717) is 6.54 Å². The van der Waals surface area contributed by atoms with E-state index in [1.807, 2.05) is 4.90 Å². The number of hydrogen-bond acceptors (Lipinski definition) is 4. The summed E-state index contributed by atoms with van der Waals surface area (Å²) in [6, 6.07) is 0. The van der Waals surface area contributed by atoms with Crippen LogP contribution >= 0.6 is 12.4 Å². The molecule has 0 aromatic carbocycles. The van der Waals surface area contributed by atoms with Gasteiger partial charge >= 0.3 is 0 Å². The summed E-state index contributed by atoms with van der Waals surface area (Å²) in [4.78, 5) is 14.6. The lowest BCUT2D eigenvalue weighted by Gasteiger charge is -2.41. The third-order valence-electron chi connectivity index (χ3n) is 4.19. The number of ether oxygens (including phenoxy) is 2. The fourth-order valence-electron chi connectivity index (χ4n) is 2.94. The number of amides is 1. The van der Waals surface area contributed by atoms with Crippen molar-refractivity contribution in [3.05, 3.63) is 0 Å². The van der Waals surface area contributed by atoms with Crippen LogP contribution in [0.2, 0.25) is 0 Å². The van der Waals surface area contributed by atoms with Gasteiger partial charge in [0, 0.05) is 27.3 Å². The molecule has 1 N–H and O–H groups in total. The molecule has 2 heterocycles. The second-order valence-corrected chi connectivity index (χ2v) is 5.20. The number of nitrogens with zero attached hydrogens (tertiary/aromatic N) is 1. The van der Waals surface area contributed by atoms with Crippen molar-refractivity contribution in [2.24, 2.45) is 0 Å². The zero-order chi connectivity index (χ0) is 13.0. The molecule has 0 radical (unpaired) electrons. The standard InChI is InChI=1S/C13H24N2O3.ClH/c1-17-11-4-3-9-15(10-11)12(16)13(18-2)5-7-14-8-6-13;/h11,14H,3-10H2,1-2H3;1H. The van der Waals surface area contributed by atoms with Crippen LogP contribution in [-0.4, -0.2) is 62.9 Å². The molecule has 1 atom stereocenters. The molecule has 2 rings (SSSR count). The van der Waals surface area contributed by atoms with Crippen molar-refractivity contribution in [3.63, 3.8) is 0 Å². The molecule has 19 heavy (non-hydrogen) atoms. The molecule has 2 aliphatic heterocycles. The highest BCUT2D eigenvalue weighted by molar-refractivity contribution is 5.86. The highest BCUT2D eigenvalue weighted by atomic mass is 35.5. The first kappa shape index (κ1) is 16.7. The van der Waals surface area contributed by atoms with Crippen molar-refractivity contribution < 1.29 is 14.3 Å². The highest BCUT2D eigenvalue weighted by Gasteiger charge is 2.43. The van der Waals surface area contributed by atoms with Gasteiger partial charge in [0.25, 0.3) is 5.91 Å². The minimum atomic E-state index is -0.610. The van der Waals surface area contributed by atoms with Gasteiger partial charge in [0.05, 0.1) is 6.10 Å². The van der Waals surface area contributed by atoms with Crippen LogP contribution in [0.25, 0.3) is 0 Å².